The lowest BCUT2D eigenvalue weighted by molar-refractivity contribution is 0.188. The first-order chi connectivity index (χ1) is 7.33. The van der Waals surface area contributed by atoms with Gasteiger partial charge in [0.2, 0.25) is 0 Å². The highest BCUT2D eigenvalue weighted by atomic mass is 16.4. The van der Waals surface area contributed by atoms with Crippen molar-refractivity contribution in [2.24, 2.45) is 0 Å². The Morgan fingerprint density at radius 2 is 2.00 bits per heavy atom. The number of rotatable bonds is 3. The van der Waals surface area contributed by atoms with Crippen LogP contribution in [0.15, 0.2) is 47.1 Å². The Balaban J connectivity index is 2.37. The molecule has 78 valence electrons. The van der Waals surface area contributed by atoms with Crippen LogP contribution in [0.25, 0.3) is 0 Å². The van der Waals surface area contributed by atoms with Crippen LogP contribution in [-0.2, 0) is 6.42 Å². The highest BCUT2D eigenvalue weighted by Crippen LogP contribution is 2.25. The van der Waals surface area contributed by atoms with Crippen LogP contribution in [0.3, 0.4) is 0 Å². The minimum atomic E-state index is -0.656. The van der Waals surface area contributed by atoms with E-state index < -0.39 is 6.10 Å². The standard InChI is InChI=1S/C13H14O2/c1-2-10-6-3-4-7-11(10)13(14)12-8-5-9-15-12/h3-9,13-14H,2H2,1H3. The van der Waals surface area contributed by atoms with E-state index in [-0.39, 0.29) is 0 Å². The zero-order chi connectivity index (χ0) is 10.7. The summed E-state index contributed by atoms with van der Waals surface area (Å²) in [5.74, 6) is 0.593. The lowest BCUT2D eigenvalue weighted by atomic mass is 9.99. The number of furan rings is 1. The average Bonchev–Trinajstić information content (AvgIpc) is 2.81. The summed E-state index contributed by atoms with van der Waals surface area (Å²) in [6, 6.07) is 11.5. The SMILES string of the molecule is CCc1ccccc1C(O)c1ccco1. The van der Waals surface area contributed by atoms with Gasteiger partial charge in [0.1, 0.15) is 11.9 Å². The maximum absolute atomic E-state index is 10.1. The van der Waals surface area contributed by atoms with Crippen molar-refractivity contribution in [2.75, 3.05) is 0 Å². The second-order valence-electron chi connectivity index (χ2n) is 3.47. The van der Waals surface area contributed by atoms with Crippen LogP contribution in [0.4, 0.5) is 0 Å². The minimum absolute atomic E-state index is 0.593. The van der Waals surface area contributed by atoms with E-state index in [0.29, 0.717) is 5.76 Å². The summed E-state index contributed by atoms with van der Waals surface area (Å²) in [6.07, 6.45) is 1.83. The maximum Gasteiger partial charge on any atom is 0.137 e. The highest BCUT2D eigenvalue weighted by Gasteiger charge is 2.15. The third-order valence-corrected chi connectivity index (χ3v) is 2.54. The van der Waals surface area contributed by atoms with Gasteiger partial charge in [0, 0.05) is 0 Å². The fraction of sp³-hybridized carbons (Fsp3) is 0.231. The maximum atomic E-state index is 10.1. The zero-order valence-electron chi connectivity index (χ0n) is 8.68. The van der Waals surface area contributed by atoms with E-state index >= 15 is 0 Å². The molecule has 0 amide bonds. The molecule has 0 bridgehead atoms. The number of benzene rings is 1. The molecule has 0 aliphatic carbocycles. The molecule has 0 aliphatic rings. The van der Waals surface area contributed by atoms with Gasteiger partial charge in [-0.15, -0.1) is 0 Å². The van der Waals surface area contributed by atoms with Crippen molar-refractivity contribution in [3.8, 4) is 0 Å². The van der Waals surface area contributed by atoms with Crippen molar-refractivity contribution in [1.29, 1.82) is 0 Å². The largest absolute Gasteiger partial charge is 0.466 e. The molecule has 1 unspecified atom stereocenters. The first kappa shape index (κ1) is 9.99. The Bertz CT molecular complexity index is 418. The molecule has 0 saturated heterocycles. The van der Waals surface area contributed by atoms with Gasteiger partial charge >= 0.3 is 0 Å². The van der Waals surface area contributed by atoms with Crippen LogP contribution >= 0.6 is 0 Å². The van der Waals surface area contributed by atoms with E-state index in [9.17, 15) is 5.11 Å². The first-order valence-electron chi connectivity index (χ1n) is 5.12. The van der Waals surface area contributed by atoms with Crippen molar-refractivity contribution in [3.05, 3.63) is 59.5 Å². The van der Waals surface area contributed by atoms with Gasteiger partial charge in [-0.05, 0) is 29.7 Å². The van der Waals surface area contributed by atoms with Gasteiger partial charge in [0.05, 0.1) is 6.26 Å². The molecular formula is C13H14O2. The third-order valence-electron chi connectivity index (χ3n) is 2.54. The van der Waals surface area contributed by atoms with Crippen LogP contribution in [0.5, 0.6) is 0 Å². The van der Waals surface area contributed by atoms with Crippen molar-refractivity contribution in [3.63, 3.8) is 0 Å². The minimum Gasteiger partial charge on any atom is -0.466 e. The van der Waals surface area contributed by atoms with Gasteiger partial charge in [-0.2, -0.15) is 0 Å². The van der Waals surface area contributed by atoms with Crippen molar-refractivity contribution in [2.45, 2.75) is 19.4 Å². The molecule has 1 aromatic carbocycles. The molecule has 1 atom stereocenters. The third kappa shape index (κ3) is 1.95. The van der Waals surface area contributed by atoms with Crippen LogP contribution in [-0.4, -0.2) is 5.11 Å². The number of aliphatic hydroxyl groups excluding tert-OH is 1. The molecule has 0 spiro atoms. The van der Waals surface area contributed by atoms with E-state index in [0.717, 1.165) is 17.5 Å². The molecule has 0 radical (unpaired) electrons. The van der Waals surface area contributed by atoms with Gasteiger partial charge in [-0.1, -0.05) is 31.2 Å². The molecule has 0 aliphatic heterocycles. The fourth-order valence-electron chi connectivity index (χ4n) is 1.72. The van der Waals surface area contributed by atoms with Crippen LogP contribution in [0.1, 0.15) is 29.9 Å². The zero-order valence-corrected chi connectivity index (χ0v) is 8.68. The normalized spacial score (nSPS) is 12.7. The van der Waals surface area contributed by atoms with E-state index in [1.54, 1.807) is 18.4 Å². The predicted molar refractivity (Wildman–Crippen MR) is 58.6 cm³/mol. The molecule has 1 aromatic heterocycles. The van der Waals surface area contributed by atoms with Crippen molar-refractivity contribution >= 4 is 0 Å². The summed E-state index contributed by atoms with van der Waals surface area (Å²) in [7, 11) is 0. The number of aryl methyl sites for hydroxylation is 1. The summed E-state index contributed by atoms with van der Waals surface area (Å²) in [4.78, 5) is 0. The molecular weight excluding hydrogens is 188 g/mol. The van der Waals surface area contributed by atoms with Crippen molar-refractivity contribution < 1.29 is 9.52 Å². The van der Waals surface area contributed by atoms with E-state index in [1.807, 2.05) is 24.3 Å². The molecule has 2 rings (SSSR count). The van der Waals surface area contributed by atoms with Gasteiger partial charge in [-0.3, -0.25) is 0 Å². The summed E-state index contributed by atoms with van der Waals surface area (Å²) < 4.78 is 5.20. The number of aliphatic hydroxyl groups is 1. The van der Waals surface area contributed by atoms with Gasteiger partial charge in [0.25, 0.3) is 0 Å². The van der Waals surface area contributed by atoms with Gasteiger partial charge in [0.15, 0.2) is 0 Å². The number of hydrogen-bond acceptors (Lipinski definition) is 2. The van der Waals surface area contributed by atoms with E-state index in [4.69, 9.17) is 4.42 Å². The monoisotopic (exact) mass is 202 g/mol. The second kappa shape index (κ2) is 4.32. The Morgan fingerprint density at radius 3 is 2.67 bits per heavy atom. The molecule has 0 saturated carbocycles. The molecule has 15 heavy (non-hydrogen) atoms. The molecule has 2 aromatic rings. The van der Waals surface area contributed by atoms with Crippen LogP contribution in [0, 0.1) is 0 Å². The molecule has 1 N–H and O–H groups in total. The average molecular weight is 202 g/mol. The topological polar surface area (TPSA) is 33.4 Å². The van der Waals surface area contributed by atoms with Crippen LogP contribution in [0.2, 0.25) is 0 Å². The highest BCUT2D eigenvalue weighted by molar-refractivity contribution is 5.32. The smallest absolute Gasteiger partial charge is 0.137 e. The molecule has 2 heteroatoms. The number of hydrogen-bond donors (Lipinski definition) is 1. The van der Waals surface area contributed by atoms with E-state index in [1.165, 1.54) is 0 Å². The van der Waals surface area contributed by atoms with Crippen molar-refractivity contribution in [1.82, 2.24) is 0 Å². The fourth-order valence-corrected chi connectivity index (χ4v) is 1.72. The summed E-state index contributed by atoms with van der Waals surface area (Å²) in [5.41, 5.74) is 2.08. The predicted octanol–water partition coefficient (Wildman–Crippen LogP) is 2.92. The molecule has 2 nitrogen and oxygen atoms in total. The molecule has 1 heterocycles. The van der Waals surface area contributed by atoms with Gasteiger partial charge < -0.3 is 9.52 Å². The first-order valence-corrected chi connectivity index (χ1v) is 5.12. The molecule has 0 fully saturated rings. The van der Waals surface area contributed by atoms with Gasteiger partial charge in [-0.25, -0.2) is 0 Å². The quantitative estimate of drug-likeness (QED) is 0.830. The lowest BCUT2D eigenvalue weighted by Gasteiger charge is -2.12. The summed E-state index contributed by atoms with van der Waals surface area (Å²) >= 11 is 0. The van der Waals surface area contributed by atoms with Crippen LogP contribution < -0.4 is 0 Å². The van der Waals surface area contributed by atoms with E-state index in [2.05, 4.69) is 6.92 Å². The summed E-state index contributed by atoms with van der Waals surface area (Å²) in [6.45, 7) is 2.08. The Kier molecular flexibility index (Phi) is 2.88. The Hall–Kier alpha value is -1.54. The second-order valence-corrected chi connectivity index (χ2v) is 3.47. The lowest BCUT2D eigenvalue weighted by Crippen LogP contribution is -2.01. The Labute approximate surface area is 89.2 Å². The summed E-state index contributed by atoms with van der Waals surface area (Å²) in [5, 5.41) is 10.1. The Morgan fingerprint density at radius 1 is 1.20 bits per heavy atom.